The first-order valence-electron chi connectivity index (χ1n) is 5.65. The molecule has 0 aliphatic carbocycles. The zero-order valence-corrected chi connectivity index (χ0v) is 10.5. The molecule has 5 heteroatoms. The Morgan fingerprint density at radius 1 is 1.53 bits per heavy atom. The van der Waals surface area contributed by atoms with Gasteiger partial charge in [-0.2, -0.15) is 0 Å². The smallest absolute Gasteiger partial charge is 0.272 e. The molecule has 0 N–H and O–H groups in total. The zero-order valence-electron chi connectivity index (χ0n) is 9.73. The molecule has 1 amide bonds. The van der Waals surface area contributed by atoms with Gasteiger partial charge in [-0.05, 0) is 25.0 Å². The van der Waals surface area contributed by atoms with Crippen LogP contribution in [-0.4, -0.2) is 42.1 Å². The molecule has 17 heavy (non-hydrogen) atoms. The molecule has 2 heterocycles. The first-order valence-corrected chi connectivity index (χ1v) is 6.03. The van der Waals surface area contributed by atoms with Gasteiger partial charge in [-0.25, -0.2) is 0 Å². The summed E-state index contributed by atoms with van der Waals surface area (Å²) in [6.45, 7) is 1.43. The highest BCUT2D eigenvalue weighted by Gasteiger charge is 2.24. The minimum absolute atomic E-state index is 0.0839. The lowest BCUT2D eigenvalue weighted by molar-refractivity contribution is 0.0359. The Morgan fingerprint density at radius 2 is 2.24 bits per heavy atom. The number of nitrogens with zero attached hydrogens (tertiary/aromatic N) is 2. The third-order valence-corrected chi connectivity index (χ3v) is 3.24. The van der Waals surface area contributed by atoms with Crippen LogP contribution in [0.15, 0.2) is 18.3 Å². The van der Waals surface area contributed by atoms with Crippen LogP contribution in [0.5, 0.6) is 0 Å². The molecule has 1 fully saturated rings. The molecule has 1 aliphatic heterocycles. The van der Waals surface area contributed by atoms with Gasteiger partial charge in [0.05, 0.1) is 0 Å². The van der Waals surface area contributed by atoms with Crippen molar-refractivity contribution in [3.8, 4) is 0 Å². The molecule has 1 saturated heterocycles. The SMILES string of the molecule is CN(C(=O)c1cc(Cl)ccn1)C1CCOCC1. The second kappa shape index (κ2) is 5.47. The van der Waals surface area contributed by atoms with Gasteiger partial charge in [0, 0.05) is 37.5 Å². The van der Waals surface area contributed by atoms with E-state index in [-0.39, 0.29) is 11.9 Å². The average molecular weight is 255 g/mol. The summed E-state index contributed by atoms with van der Waals surface area (Å²) in [5.74, 6) is -0.0839. The third kappa shape index (κ3) is 2.96. The fraction of sp³-hybridized carbons (Fsp3) is 0.500. The van der Waals surface area contributed by atoms with E-state index in [1.165, 1.54) is 0 Å². The summed E-state index contributed by atoms with van der Waals surface area (Å²) < 4.78 is 5.28. The van der Waals surface area contributed by atoms with Crippen LogP contribution in [0.3, 0.4) is 0 Å². The lowest BCUT2D eigenvalue weighted by atomic mass is 10.1. The Kier molecular flexibility index (Phi) is 3.97. The van der Waals surface area contributed by atoms with Crippen molar-refractivity contribution >= 4 is 17.5 Å². The Labute approximate surface area is 106 Å². The first kappa shape index (κ1) is 12.3. The van der Waals surface area contributed by atoms with Gasteiger partial charge in [0.1, 0.15) is 5.69 Å². The molecule has 0 unspecified atom stereocenters. The van der Waals surface area contributed by atoms with E-state index in [0.717, 1.165) is 12.8 Å². The number of amides is 1. The fourth-order valence-corrected chi connectivity index (χ4v) is 2.10. The lowest BCUT2D eigenvalue weighted by Crippen LogP contribution is -2.40. The van der Waals surface area contributed by atoms with Gasteiger partial charge < -0.3 is 9.64 Å². The van der Waals surface area contributed by atoms with Gasteiger partial charge >= 0.3 is 0 Å². The molecule has 0 bridgehead atoms. The molecule has 92 valence electrons. The monoisotopic (exact) mass is 254 g/mol. The third-order valence-electron chi connectivity index (χ3n) is 3.00. The maximum atomic E-state index is 12.2. The molecule has 0 spiro atoms. The van der Waals surface area contributed by atoms with Crippen molar-refractivity contribution in [1.29, 1.82) is 0 Å². The van der Waals surface area contributed by atoms with Crippen LogP contribution < -0.4 is 0 Å². The summed E-state index contributed by atoms with van der Waals surface area (Å²) in [4.78, 5) is 17.9. The van der Waals surface area contributed by atoms with Crippen LogP contribution in [0, 0.1) is 0 Å². The zero-order chi connectivity index (χ0) is 12.3. The second-order valence-corrected chi connectivity index (χ2v) is 4.56. The molecule has 4 nitrogen and oxygen atoms in total. The van der Waals surface area contributed by atoms with Gasteiger partial charge in [0.15, 0.2) is 0 Å². The van der Waals surface area contributed by atoms with Crippen LogP contribution in [0.2, 0.25) is 5.02 Å². The normalized spacial score (nSPS) is 16.8. The van der Waals surface area contributed by atoms with Crippen molar-refractivity contribution in [3.05, 3.63) is 29.0 Å². The standard InChI is InChI=1S/C12H15ClN2O2/c1-15(10-3-6-17-7-4-10)12(16)11-8-9(13)2-5-14-11/h2,5,8,10H,3-4,6-7H2,1H3. The van der Waals surface area contributed by atoms with Gasteiger partial charge in [-0.15, -0.1) is 0 Å². The quantitative estimate of drug-likeness (QED) is 0.811. The second-order valence-electron chi connectivity index (χ2n) is 4.12. The van der Waals surface area contributed by atoms with E-state index in [9.17, 15) is 4.79 Å². The van der Waals surface area contributed by atoms with E-state index >= 15 is 0 Å². The van der Waals surface area contributed by atoms with Crippen molar-refractivity contribution in [2.45, 2.75) is 18.9 Å². The summed E-state index contributed by atoms with van der Waals surface area (Å²) in [7, 11) is 1.81. The van der Waals surface area contributed by atoms with Crippen molar-refractivity contribution in [2.24, 2.45) is 0 Å². The number of pyridine rings is 1. The average Bonchev–Trinajstić information content (AvgIpc) is 2.38. The molecule has 0 atom stereocenters. The number of carbonyl (C=O) groups is 1. The summed E-state index contributed by atoms with van der Waals surface area (Å²) in [5, 5.41) is 0.531. The van der Waals surface area contributed by atoms with Crippen LogP contribution >= 0.6 is 11.6 Å². The molecule has 1 aliphatic rings. The number of hydrogen-bond donors (Lipinski definition) is 0. The fourth-order valence-electron chi connectivity index (χ4n) is 1.94. The highest BCUT2D eigenvalue weighted by molar-refractivity contribution is 6.30. The Balaban J connectivity index is 2.08. The molecule has 0 saturated carbocycles. The number of rotatable bonds is 2. The van der Waals surface area contributed by atoms with E-state index in [1.54, 1.807) is 30.3 Å². The number of ether oxygens (including phenoxy) is 1. The number of carbonyl (C=O) groups excluding carboxylic acids is 1. The van der Waals surface area contributed by atoms with Gasteiger partial charge in [0.25, 0.3) is 5.91 Å². The molecule has 1 aromatic heterocycles. The Bertz CT molecular complexity index is 405. The highest BCUT2D eigenvalue weighted by atomic mass is 35.5. The molecule has 0 radical (unpaired) electrons. The lowest BCUT2D eigenvalue weighted by Gasteiger charge is -2.31. The van der Waals surface area contributed by atoms with Crippen LogP contribution in [-0.2, 0) is 4.74 Å². The predicted molar refractivity (Wildman–Crippen MR) is 65.2 cm³/mol. The van der Waals surface area contributed by atoms with Crippen molar-refractivity contribution in [2.75, 3.05) is 20.3 Å². The Morgan fingerprint density at radius 3 is 2.88 bits per heavy atom. The maximum absolute atomic E-state index is 12.2. The van der Waals surface area contributed by atoms with Crippen LogP contribution in [0.4, 0.5) is 0 Å². The van der Waals surface area contributed by atoms with Gasteiger partial charge in [-0.3, -0.25) is 9.78 Å². The van der Waals surface area contributed by atoms with Crippen molar-refractivity contribution in [1.82, 2.24) is 9.88 Å². The Hall–Kier alpha value is -1.13. The van der Waals surface area contributed by atoms with Crippen LogP contribution in [0.1, 0.15) is 23.3 Å². The van der Waals surface area contributed by atoms with E-state index in [0.29, 0.717) is 23.9 Å². The minimum atomic E-state index is -0.0839. The maximum Gasteiger partial charge on any atom is 0.272 e. The number of aromatic nitrogens is 1. The summed E-state index contributed by atoms with van der Waals surface area (Å²) in [5.41, 5.74) is 0.395. The highest BCUT2D eigenvalue weighted by Crippen LogP contribution is 2.16. The summed E-state index contributed by atoms with van der Waals surface area (Å²) in [6.07, 6.45) is 3.30. The molecule has 2 rings (SSSR count). The van der Waals surface area contributed by atoms with Gasteiger partial charge in [-0.1, -0.05) is 11.6 Å². The van der Waals surface area contributed by atoms with E-state index in [2.05, 4.69) is 4.98 Å². The van der Waals surface area contributed by atoms with E-state index < -0.39 is 0 Å². The largest absolute Gasteiger partial charge is 0.381 e. The first-order chi connectivity index (χ1) is 8.18. The minimum Gasteiger partial charge on any atom is -0.381 e. The summed E-state index contributed by atoms with van der Waals surface area (Å²) in [6, 6.07) is 3.49. The summed E-state index contributed by atoms with van der Waals surface area (Å²) >= 11 is 5.85. The molecule has 1 aromatic rings. The van der Waals surface area contributed by atoms with Crippen LogP contribution in [0.25, 0.3) is 0 Å². The number of halogens is 1. The topological polar surface area (TPSA) is 42.4 Å². The van der Waals surface area contributed by atoms with Crippen molar-refractivity contribution in [3.63, 3.8) is 0 Å². The van der Waals surface area contributed by atoms with Gasteiger partial charge in [0.2, 0.25) is 0 Å². The van der Waals surface area contributed by atoms with E-state index in [4.69, 9.17) is 16.3 Å². The predicted octanol–water partition coefficient (Wildman–Crippen LogP) is 1.99. The molecular weight excluding hydrogens is 240 g/mol. The van der Waals surface area contributed by atoms with E-state index in [1.807, 2.05) is 0 Å². The molecular formula is C12H15ClN2O2. The number of hydrogen-bond acceptors (Lipinski definition) is 3. The van der Waals surface area contributed by atoms with Crippen molar-refractivity contribution < 1.29 is 9.53 Å². The molecule has 0 aromatic carbocycles.